The Morgan fingerprint density at radius 2 is 2.33 bits per heavy atom. The largest absolute Gasteiger partial charge is 0.345 e. The Kier molecular flexibility index (Phi) is 3.06. The molecule has 1 N–H and O–H groups in total. The minimum atomic E-state index is -0.497. The van der Waals surface area contributed by atoms with E-state index in [1.165, 1.54) is 12.3 Å². The molecule has 0 radical (unpaired) electrons. The highest BCUT2D eigenvalue weighted by molar-refractivity contribution is 5.67. The van der Waals surface area contributed by atoms with Gasteiger partial charge in [-0.3, -0.25) is 10.1 Å². The van der Waals surface area contributed by atoms with Gasteiger partial charge in [-0.25, -0.2) is 4.98 Å². The van der Waals surface area contributed by atoms with E-state index in [4.69, 9.17) is 5.26 Å². The van der Waals surface area contributed by atoms with Crippen molar-refractivity contribution in [2.45, 2.75) is 19.4 Å². The number of hydrogen-bond donors (Lipinski definition) is 1. The maximum Gasteiger partial charge on any atom is 0.329 e. The van der Waals surface area contributed by atoms with Crippen molar-refractivity contribution in [1.82, 2.24) is 10.3 Å². The minimum absolute atomic E-state index is 0.0657. The fourth-order valence-corrected chi connectivity index (χ4v) is 3.69. The Morgan fingerprint density at radius 3 is 2.95 bits per heavy atom. The first-order valence-corrected chi connectivity index (χ1v) is 6.98. The first kappa shape index (κ1) is 13.8. The SMILES string of the molecule is CC1(C)C2CNCC2CN1c1nccc(C#N)c1[N+](=O)[O-]. The number of aromatic nitrogens is 1. The summed E-state index contributed by atoms with van der Waals surface area (Å²) in [7, 11) is 0. The van der Waals surface area contributed by atoms with Gasteiger partial charge >= 0.3 is 5.69 Å². The molecule has 2 atom stereocenters. The van der Waals surface area contributed by atoms with Crippen molar-refractivity contribution in [2.24, 2.45) is 11.8 Å². The lowest BCUT2D eigenvalue weighted by Gasteiger charge is -2.36. The van der Waals surface area contributed by atoms with Crippen molar-refractivity contribution in [3.05, 3.63) is 27.9 Å². The van der Waals surface area contributed by atoms with Gasteiger partial charge < -0.3 is 10.2 Å². The van der Waals surface area contributed by atoms with Crippen molar-refractivity contribution in [3.63, 3.8) is 0 Å². The van der Waals surface area contributed by atoms with Gasteiger partial charge in [-0.15, -0.1) is 0 Å². The van der Waals surface area contributed by atoms with E-state index in [0.717, 1.165) is 19.6 Å². The topological polar surface area (TPSA) is 95.1 Å². The second kappa shape index (κ2) is 4.67. The summed E-state index contributed by atoms with van der Waals surface area (Å²) >= 11 is 0. The van der Waals surface area contributed by atoms with Crippen LogP contribution in [-0.2, 0) is 0 Å². The lowest BCUT2D eigenvalue weighted by atomic mass is 9.85. The molecule has 0 amide bonds. The van der Waals surface area contributed by atoms with Gasteiger partial charge in [0.15, 0.2) is 0 Å². The smallest absolute Gasteiger partial charge is 0.329 e. The number of rotatable bonds is 2. The second-order valence-corrected chi connectivity index (χ2v) is 6.19. The number of nitriles is 1. The van der Waals surface area contributed by atoms with E-state index < -0.39 is 4.92 Å². The van der Waals surface area contributed by atoms with Crippen LogP contribution < -0.4 is 10.2 Å². The highest BCUT2D eigenvalue weighted by Gasteiger charge is 2.51. The fraction of sp³-hybridized carbons (Fsp3) is 0.571. The maximum atomic E-state index is 11.4. The summed E-state index contributed by atoms with van der Waals surface area (Å²) in [5.41, 5.74) is -0.336. The number of hydrogen-bond acceptors (Lipinski definition) is 6. The van der Waals surface area contributed by atoms with E-state index in [1.807, 2.05) is 11.0 Å². The molecule has 0 aliphatic carbocycles. The van der Waals surface area contributed by atoms with Crippen LogP contribution in [0.3, 0.4) is 0 Å². The van der Waals surface area contributed by atoms with E-state index in [-0.39, 0.29) is 16.8 Å². The summed E-state index contributed by atoms with van der Waals surface area (Å²) in [5.74, 6) is 1.22. The van der Waals surface area contributed by atoms with Gasteiger partial charge in [0.25, 0.3) is 0 Å². The number of nitro groups is 1. The van der Waals surface area contributed by atoms with E-state index >= 15 is 0 Å². The lowest BCUT2D eigenvalue weighted by molar-refractivity contribution is -0.384. The molecule has 2 aliphatic rings. The molecule has 21 heavy (non-hydrogen) atoms. The molecule has 2 unspecified atom stereocenters. The van der Waals surface area contributed by atoms with Gasteiger partial charge in [-0.05, 0) is 31.7 Å². The molecule has 0 saturated carbocycles. The standard InChI is InChI=1S/C14H17N5O2/c1-14(2)11-7-16-6-10(11)8-18(14)13-12(19(20)21)9(5-15)3-4-17-13/h3-4,10-11,16H,6-8H2,1-2H3. The number of pyridine rings is 1. The number of nitrogens with one attached hydrogen (secondary N) is 1. The third kappa shape index (κ3) is 1.94. The first-order valence-electron chi connectivity index (χ1n) is 6.98. The van der Waals surface area contributed by atoms with Gasteiger partial charge in [0.2, 0.25) is 5.82 Å². The number of nitrogens with zero attached hydrogens (tertiary/aromatic N) is 4. The van der Waals surface area contributed by atoms with Crippen LogP contribution in [0, 0.1) is 33.3 Å². The van der Waals surface area contributed by atoms with Crippen LogP contribution in [0.1, 0.15) is 19.4 Å². The molecule has 2 aliphatic heterocycles. The molecule has 2 fully saturated rings. The zero-order valence-electron chi connectivity index (χ0n) is 12.0. The molecule has 1 aromatic heterocycles. The predicted molar refractivity (Wildman–Crippen MR) is 76.9 cm³/mol. The average Bonchev–Trinajstić information content (AvgIpc) is 3.00. The van der Waals surface area contributed by atoms with Crippen LogP contribution in [0.25, 0.3) is 0 Å². The Labute approximate surface area is 122 Å². The monoisotopic (exact) mass is 287 g/mol. The fourth-order valence-electron chi connectivity index (χ4n) is 3.69. The van der Waals surface area contributed by atoms with Crippen molar-refractivity contribution >= 4 is 11.5 Å². The molecule has 0 bridgehead atoms. The molecular weight excluding hydrogens is 270 g/mol. The lowest BCUT2D eigenvalue weighted by Crippen LogP contribution is -2.45. The highest BCUT2D eigenvalue weighted by Crippen LogP contribution is 2.45. The van der Waals surface area contributed by atoms with Crippen LogP contribution in [0.4, 0.5) is 11.5 Å². The third-order valence-corrected chi connectivity index (χ3v) is 4.82. The molecule has 1 aromatic rings. The second-order valence-electron chi connectivity index (χ2n) is 6.19. The van der Waals surface area contributed by atoms with E-state index in [2.05, 4.69) is 24.1 Å². The Balaban J connectivity index is 2.10. The summed E-state index contributed by atoms with van der Waals surface area (Å²) in [6.45, 7) is 6.76. The Morgan fingerprint density at radius 1 is 1.57 bits per heavy atom. The van der Waals surface area contributed by atoms with Crippen LogP contribution in [0.5, 0.6) is 0 Å². The van der Waals surface area contributed by atoms with E-state index in [0.29, 0.717) is 17.7 Å². The van der Waals surface area contributed by atoms with Crippen LogP contribution in [0.2, 0.25) is 0 Å². The van der Waals surface area contributed by atoms with E-state index in [1.54, 1.807) is 0 Å². The van der Waals surface area contributed by atoms with Crippen LogP contribution in [0.15, 0.2) is 12.3 Å². The zero-order chi connectivity index (χ0) is 15.2. The predicted octanol–water partition coefficient (Wildman–Crippen LogP) is 1.30. The van der Waals surface area contributed by atoms with Gasteiger partial charge in [-0.1, -0.05) is 0 Å². The summed E-state index contributed by atoms with van der Waals surface area (Å²) < 4.78 is 0. The molecule has 0 aromatic carbocycles. The molecule has 7 nitrogen and oxygen atoms in total. The summed E-state index contributed by atoms with van der Waals surface area (Å²) in [6.07, 6.45) is 1.48. The highest BCUT2D eigenvalue weighted by atomic mass is 16.6. The molecular formula is C14H17N5O2. The van der Waals surface area contributed by atoms with Gasteiger partial charge in [0, 0.05) is 31.4 Å². The molecule has 2 saturated heterocycles. The van der Waals surface area contributed by atoms with Crippen molar-refractivity contribution < 1.29 is 4.92 Å². The van der Waals surface area contributed by atoms with Crippen LogP contribution >= 0.6 is 0 Å². The van der Waals surface area contributed by atoms with Gasteiger partial charge in [0.05, 0.1) is 4.92 Å². The van der Waals surface area contributed by atoms with E-state index in [9.17, 15) is 10.1 Å². The molecule has 0 spiro atoms. The van der Waals surface area contributed by atoms with Crippen molar-refractivity contribution in [3.8, 4) is 6.07 Å². The summed E-state index contributed by atoms with van der Waals surface area (Å²) in [6, 6.07) is 3.29. The third-order valence-electron chi connectivity index (χ3n) is 4.82. The summed E-state index contributed by atoms with van der Waals surface area (Å²) in [5, 5.41) is 23.9. The Bertz CT molecular complexity index is 637. The first-order chi connectivity index (χ1) is 9.96. The molecule has 7 heteroatoms. The molecule has 3 heterocycles. The van der Waals surface area contributed by atoms with Crippen molar-refractivity contribution in [1.29, 1.82) is 5.26 Å². The quantitative estimate of drug-likeness (QED) is 0.650. The molecule has 110 valence electrons. The summed E-state index contributed by atoms with van der Waals surface area (Å²) in [4.78, 5) is 17.1. The molecule has 3 rings (SSSR count). The number of fused-ring (bicyclic) bond motifs is 1. The normalized spacial score (nSPS) is 26.4. The van der Waals surface area contributed by atoms with Gasteiger partial charge in [0.1, 0.15) is 11.6 Å². The Hall–Kier alpha value is -2.20. The minimum Gasteiger partial charge on any atom is -0.345 e. The number of anilines is 1. The van der Waals surface area contributed by atoms with Crippen molar-refractivity contribution in [2.75, 3.05) is 24.5 Å². The van der Waals surface area contributed by atoms with Crippen LogP contribution in [-0.4, -0.2) is 35.1 Å². The average molecular weight is 287 g/mol. The zero-order valence-corrected chi connectivity index (χ0v) is 12.0. The maximum absolute atomic E-state index is 11.4. The van der Waals surface area contributed by atoms with Gasteiger partial charge in [-0.2, -0.15) is 5.26 Å².